The fourth-order valence-corrected chi connectivity index (χ4v) is 1.82. The zero-order valence-electron chi connectivity index (χ0n) is 9.44. The number of carboxylic acid groups (broad SMARTS) is 1. The number of hydrogen-bond acceptors (Lipinski definition) is 2. The van der Waals surface area contributed by atoms with E-state index in [0.717, 1.165) is 0 Å². The van der Waals surface area contributed by atoms with Gasteiger partial charge in [0, 0.05) is 23.6 Å². The zero-order valence-corrected chi connectivity index (χ0v) is 9.44. The minimum Gasteiger partial charge on any atom is -0.481 e. The first-order valence-electron chi connectivity index (χ1n) is 5.44. The van der Waals surface area contributed by atoms with Crippen LogP contribution in [0.3, 0.4) is 0 Å². The number of rotatable bonds is 4. The Morgan fingerprint density at radius 3 is 2.78 bits per heavy atom. The molecule has 3 nitrogen and oxygen atoms in total. The van der Waals surface area contributed by atoms with Gasteiger partial charge < -0.3 is 5.11 Å². The molecule has 94 valence electrons. The number of nitrogens with zero attached hydrogens (tertiary/aromatic N) is 1. The summed E-state index contributed by atoms with van der Waals surface area (Å²) in [5, 5.41) is 8.85. The van der Waals surface area contributed by atoms with Gasteiger partial charge in [0.15, 0.2) is 0 Å². The Bertz CT molecular complexity index is 579. The molecule has 1 aromatic carbocycles. The molecular weight excluding hydrogens is 240 g/mol. The quantitative estimate of drug-likeness (QED) is 0.907. The van der Waals surface area contributed by atoms with Crippen molar-refractivity contribution < 1.29 is 18.7 Å². The van der Waals surface area contributed by atoms with Crippen LogP contribution in [0.1, 0.15) is 18.4 Å². The molecule has 1 N–H and O–H groups in total. The predicted octanol–water partition coefficient (Wildman–Crippen LogP) is 3.19. The van der Waals surface area contributed by atoms with E-state index in [4.69, 9.17) is 5.11 Å². The van der Waals surface area contributed by atoms with Crippen molar-refractivity contribution >= 4 is 16.9 Å². The Morgan fingerprint density at radius 2 is 2.06 bits per heavy atom. The number of carbonyl (C=O) groups is 1. The molecular formula is C13H11F2NO2. The predicted molar refractivity (Wildman–Crippen MR) is 62.5 cm³/mol. The molecule has 2 rings (SSSR count). The lowest BCUT2D eigenvalue weighted by molar-refractivity contribution is -0.139. The van der Waals surface area contributed by atoms with Crippen LogP contribution in [0, 0.1) is 0 Å². The summed E-state index contributed by atoms with van der Waals surface area (Å²) in [6.45, 7) is 0. The van der Waals surface area contributed by atoms with Crippen LogP contribution in [-0.2, 0) is 10.7 Å². The van der Waals surface area contributed by atoms with E-state index in [1.165, 1.54) is 18.3 Å². The van der Waals surface area contributed by atoms with E-state index in [9.17, 15) is 13.6 Å². The van der Waals surface area contributed by atoms with Gasteiger partial charge in [-0.15, -0.1) is 0 Å². The summed E-state index contributed by atoms with van der Waals surface area (Å²) in [6, 6.07) is 7.60. The van der Waals surface area contributed by atoms with Gasteiger partial charge in [0.05, 0.1) is 11.9 Å². The van der Waals surface area contributed by atoms with Crippen LogP contribution in [0.4, 0.5) is 8.78 Å². The molecule has 1 heterocycles. The van der Waals surface area contributed by atoms with E-state index in [-0.39, 0.29) is 5.56 Å². The van der Waals surface area contributed by atoms with Gasteiger partial charge in [0.1, 0.15) is 0 Å². The maximum atomic E-state index is 14.0. The summed E-state index contributed by atoms with van der Waals surface area (Å²) >= 11 is 0. The fraction of sp³-hybridized carbons (Fsp3) is 0.231. The van der Waals surface area contributed by atoms with Crippen LogP contribution < -0.4 is 0 Å². The van der Waals surface area contributed by atoms with Crippen molar-refractivity contribution in [3.63, 3.8) is 0 Å². The smallest absolute Gasteiger partial charge is 0.303 e. The van der Waals surface area contributed by atoms with E-state index in [1.807, 2.05) is 0 Å². The summed E-state index contributed by atoms with van der Waals surface area (Å²) in [6.07, 6.45) is 0.251. The molecule has 0 bridgehead atoms. The third kappa shape index (κ3) is 2.45. The maximum Gasteiger partial charge on any atom is 0.303 e. The molecule has 2 aromatic rings. The van der Waals surface area contributed by atoms with Crippen LogP contribution in [-0.4, -0.2) is 16.1 Å². The number of aromatic nitrogens is 1. The highest BCUT2D eigenvalue weighted by Crippen LogP contribution is 2.36. The van der Waals surface area contributed by atoms with Crippen molar-refractivity contribution in [1.29, 1.82) is 0 Å². The van der Waals surface area contributed by atoms with E-state index < -0.39 is 24.7 Å². The minimum absolute atomic E-state index is 0.172. The molecule has 0 aliphatic rings. The van der Waals surface area contributed by atoms with Crippen LogP contribution >= 0.6 is 0 Å². The summed E-state index contributed by atoms with van der Waals surface area (Å²) < 4.78 is 27.9. The van der Waals surface area contributed by atoms with Crippen LogP contribution in [0.2, 0.25) is 0 Å². The van der Waals surface area contributed by atoms with Gasteiger partial charge >= 0.3 is 5.97 Å². The highest BCUT2D eigenvalue weighted by Gasteiger charge is 2.33. The van der Waals surface area contributed by atoms with E-state index in [2.05, 4.69) is 4.98 Å². The third-order valence-electron chi connectivity index (χ3n) is 2.69. The highest BCUT2D eigenvalue weighted by atomic mass is 19.3. The number of aliphatic carboxylic acids is 1. The Morgan fingerprint density at radius 1 is 1.28 bits per heavy atom. The molecule has 5 heteroatoms. The summed E-state index contributed by atoms with van der Waals surface area (Å²) in [4.78, 5) is 14.4. The van der Waals surface area contributed by atoms with Crippen molar-refractivity contribution in [1.82, 2.24) is 4.98 Å². The van der Waals surface area contributed by atoms with E-state index in [0.29, 0.717) is 10.9 Å². The number of alkyl halides is 2. The van der Waals surface area contributed by atoms with Gasteiger partial charge in [-0.25, -0.2) is 8.78 Å². The fourth-order valence-electron chi connectivity index (χ4n) is 1.82. The number of benzene rings is 1. The summed E-state index contributed by atoms with van der Waals surface area (Å²) in [5.74, 6) is -4.39. The van der Waals surface area contributed by atoms with Crippen LogP contribution in [0.15, 0.2) is 36.5 Å². The van der Waals surface area contributed by atoms with Gasteiger partial charge in [-0.1, -0.05) is 18.2 Å². The summed E-state index contributed by atoms with van der Waals surface area (Å²) in [7, 11) is 0. The van der Waals surface area contributed by atoms with Crippen molar-refractivity contribution in [2.45, 2.75) is 18.8 Å². The molecule has 0 radical (unpaired) electrons. The number of carboxylic acids is 1. The molecule has 0 atom stereocenters. The van der Waals surface area contributed by atoms with Crippen molar-refractivity contribution in [3.8, 4) is 0 Å². The number of hydrogen-bond donors (Lipinski definition) is 1. The highest BCUT2D eigenvalue weighted by molar-refractivity contribution is 5.82. The molecule has 18 heavy (non-hydrogen) atoms. The molecule has 0 aliphatic heterocycles. The van der Waals surface area contributed by atoms with E-state index in [1.54, 1.807) is 18.2 Å². The van der Waals surface area contributed by atoms with Gasteiger partial charge in [0.2, 0.25) is 0 Å². The first-order valence-corrected chi connectivity index (χ1v) is 5.44. The first kappa shape index (κ1) is 12.4. The van der Waals surface area contributed by atoms with Gasteiger partial charge in [-0.3, -0.25) is 9.78 Å². The van der Waals surface area contributed by atoms with Crippen molar-refractivity contribution in [3.05, 3.63) is 42.1 Å². The second-order valence-corrected chi connectivity index (χ2v) is 3.97. The van der Waals surface area contributed by atoms with Crippen LogP contribution in [0.25, 0.3) is 10.9 Å². The maximum absolute atomic E-state index is 14.0. The number of pyridine rings is 1. The lowest BCUT2D eigenvalue weighted by Gasteiger charge is -2.17. The molecule has 0 saturated heterocycles. The SMILES string of the molecule is O=C(O)CCC(F)(F)c1cccc2ncccc12. The lowest BCUT2D eigenvalue weighted by atomic mass is 9.99. The number of halogens is 2. The molecule has 0 amide bonds. The normalized spacial score (nSPS) is 11.7. The number of fused-ring (bicyclic) bond motifs is 1. The van der Waals surface area contributed by atoms with Crippen LogP contribution in [0.5, 0.6) is 0 Å². The first-order chi connectivity index (χ1) is 8.50. The molecule has 0 aliphatic carbocycles. The van der Waals surface area contributed by atoms with E-state index >= 15 is 0 Å². The molecule has 0 unspecified atom stereocenters. The lowest BCUT2D eigenvalue weighted by Crippen LogP contribution is -2.16. The van der Waals surface area contributed by atoms with Gasteiger partial charge in [-0.2, -0.15) is 0 Å². The van der Waals surface area contributed by atoms with Crippen molar-refractivity contribution in [2.75, 3.05) is 0 Å². The second kappa shape index (κ2) is 4.68. The van der Waals surface area contributed by atoms with Gasteiger partial charge in [-0.05, 0) is 12.1 Å². The largest absolute Gasteiger partial charge is 0.481 e. The topological polar surface area (TPSA) is 50.2 Å². The molecule has 0 fully saturated rings. The average Bonchev–Trinajstić information content (AvgIpc) is 2.36. The second-order valence-electron chi connectivity index (χ2n) is 3.97. The Hall–Kier alpha value is -2.04. The Labute approximate surface area is 102 Å². The van der Waals surface area contributed by atoms with Gasteiger partial charge in [0.25, 0.3) is 5.92 Å². The third-order valence-corrected chi connectivity index (χ3v) is 2.69. The summed E-state index contributed by atoms with van der Waals surface area (Å²) in [5.41, 5.74) is 0.305. The molecule has 0 spiro atoms. The zero-order chi connectivity index (χ0) is 13.2. The standard InChI is InChI=1S/C13H11F2NO2/c14-13(15,7-6-12(17)18)10-4-1-5-11-9(10)3-2-8-16-11/h1-5,8H,6-7H2,(H,17,18). The molecule has 0 saturated carbocycles. The van der Waals surface area contributed by atoms with Crippen molar-refractivity contribution in [2.24, 2.45) is 0 Å². The minimum atomic E-state index is -3.17. The Kier molecular flexibility index (Phi) is 3.23. The molecule has 1 aromatic heterocycles. The monoisotopic (exact) mass is 251 g/mol. The Balaban J connectivity index is 2.43. The average molecular weight is 251 g/mol.